The van der Waals surface area contributed by atoms with Crippen molar-refractivity contribution < 1.29 is 9.47 Å². The molecule has 1 saturated heterocycles. The quantitative estimate of drug-likeness (QED) is 0.903. The minimum atomic E-state index is -0.0721. The molecule has 1 aromatic heterocycles. The van der Waals surface area contributed by atoms with Gasteiger partial charge in [-0.05, 0) is 44.0 Å². The number of aromatic amines is 1. The summed E-state index contributed by atoms with van der Waals surface area (Å²) >= 11 is 0. The van der Waals surface area contributed by atoms with Crippen LogP contribution in [0.3, 0.4) is 0 Å². The summed E-state index contributed by atoms with van der Waals surface area (Å²) in [6.07, 6.45) is 2.13. The molecule has 0 saturated carbocycles. The number of likely N-dealkylation sites (tertiary alicyclic amines) is 1. The molecule has 3 rings (SSSR count). The van der Waals surface area contributed by atoms with Crippen LogP contribution < -0.4 is 15.0 Å². The van der Waals surface area contributed by atoms with Gasteiger partial charge in [0.25, 0.3) is 5.56 Å². The second-order valence-electron chi connectivity index (χ2n) is 6.57. The summed E-state index contributed by atoms with van der Waals surface area (Å²) in [6.45, 7) is 4.60. The van der Waals surface area contributed by atoms with Crippen LogP contribution in [0.15, 0.2) is 29.1 Å². The van der Waals surface area contributed by atoms with Crippen LogP contribution >= 0.6 is 0 Å². The summed E-state index contributed by atoms with van der Waals surface area (Å²) in [5, 5.41) is 0. The number of hydrogen-bond acceptors (Lipinski definition) is 5. The Labute approximate surface area is 147 Å². The third kappa shape index (κ3) is 4.39. The van der Waals surface area contributed by atoms with E-state index in [9.17, 15) is 4.79 Å². The number of hydrogen-bond donors (Lipinski definition) is 1. The van der Waals surface area contributed by atoms with Gasteiger partial charge in [-0.25, -0.2) is 4.98 Å². The summed E-state index contributed by atoms with van der Waals surface area (Å²) < 4.78 is 10.7. The second-order valence-corrected chi connectivity index (χ2v) is 6.57. The van der Waals surface area contributed by atoms with E-state index in [0.717, 1.165) is 61.1 Å². The zero-order valence-corrected chi connectivity index (χ0v) is 15.0. The Balaban J connectivity index is 1.74. The van der Waals surface area contributed by atoms with Gasteiger partial charge in [-0.3, -0.25) is 9.69 Å². The Morgan fingerprint density at radius 3 is 2.56 bits per heavy atom. The molecule has 2 aromatic rings. The predicted octanol–water partition coefficient (Wildman–Crippen LogP) is 2.48. The standard InChI is InChI=1S/C19H25N3O3/c1-13-7-18(23)21-19(20-13)15-5-4-6-22(12-15)11-14-8-16(24-2)10-17(9-14)25-3/h7-10,15H,4-6,11-12H2,1-3H3,(H,20,21,23). The summed E-state index contributed by atoms with van der Waals surface area (Å²) in [5.74, 6) is 2.66. The number of H-pyrrole nitrogens is 1. The van der Waals surface area contributed by atoms with Crippen molar-refractivity contribution in [2.45, 2.75) is 32.2 Å². The normalized spacial score (nSPS) is 18.1. The molecule has 0 amide bonds. The van der Waals surface area contributed by atoms with E-state index in [1.165, 1.54) is 6.07 Å². The maximum atomic E-state index is 11.7. The SMILES string of the molecule is COc1cc(CN2CCCC(c3nc(C)cc(=O)[nH]3)C2)cc(OC)c1. The Morgan fingerprint density at radius 1 is 1.20 bits per heavy atom. The summed E-state index contributed by atoms with van der Waals surface area (Å²) in [5.41, 5.74) is 1.85. The average Bonchev–Trinajstić information content (AvgIpc) is 2.60. The van der Waals surface area contributed by atoms with Gasteiger partial charge in [0.15, 0.2) is 0 Å². The molecule has 1 aliphatic rings. The first-order valence-corrected chi connectivity index (χ1v) is 8.59. The van der Waals surface area contributed by atoms with Crippen LogP contribution in [0.4, 0.5) is 0 Å². The maximum absolute atomic E-state index is 11.7. The summed E-state index contributed by atoms with van der Waals surface area (Å²) in [4.78, 5) is 21.6. The van der Waals surface area contributed by atoms with Gasteiger partial charge in [0.1, 0.15) is 17.3 Å². The molecule has 134 valence electrons. The number of nitrogens with one attached hydrogen (secondary N) is 1. The van der Waals surface area contributed by atoms with Crippen molar-refractivity contribution in [3.8, 4) is 11.5 Å². The molecule has 6 nitrogen and oxygen atoms in total. The van der Waals surface area contributed by atoms with Crippen molar-refractivity contribution >= 4 is 0 Å². The largest absolute Gasteiger partial charge is 0.497 e. The highest BCUT2D eigenvalue weighted by atomic mass is 16.5. The van der Waals surface area contributed by atoms with Crippen molar-refractivity contribution in [3.63, 3.8) is 0 Å². The molecule has 1 aliphatic heterocycles. The predicted molar refractivity (Wildman–Crippen MR) is 96.4 cm³/mol. The minimum Gasteiger partial charge on any atom is -0.497 e. The topological polar surface area (TPSA) is 67.5 Å². The highest BCUT2D eigenvalue weighted by Crippen LogP contribution is 2.27. The lowest BCUT2D eigenvalue weighted by atomic mass is 9.96. The first-order chi connectivity index (χ1) is 12.1. The van der Waals surface area contributed by atoms with E-state index >= 15 is 0 Å². The lowest BCUT2D eigenvalue weighted by Gasteiger charge is -2.32. The molecular formula is C19H25N3O3. The first kappa shape index (κ1) is 17.5. The van der Waals surface area contributed by atoms with E-state index in [0.29, 0.717) is 0 Å². The van der Waals surface area contributed by atoms with Crippen molar-refractivity contribution in [1.82, 2.24) is 14.9 Å². The third-order valence-corrected chi connectivity index (χ3v) is 4.60. The molecular weight excluding hydrogens is 318 g/mol. The number of nitrogens with zero attached hydrogens (tertiary/aromatic N) is 2. The summed E-state index contributed by atoms with van der Waals surface area (Å²) in [7, 11) is 3.32. The second kappa shape index (κ2) is 7.70. The first-order valence-electron chi connectivity index (χ1n) is 8.59. The van der Waals surface area contributed by atoms with Crippen LogP contribution in [0.2, 0.25) is 0 Å². The van der Waals surface area contributed by atoms with E-state index in [-0.39, 0.29) is 11.5 Å². The van der Waals surface area contributed by atoms with Crippen molar-refractivity contribution in [2.75, 3.05) is 27.3 Å². The van der Waals surface area contributed by atoms with Crippen molar-refractivity contribution in [2.24, 2.45) is 0 Å². The molecule has 6 heteroatoms. The Kier molecular flexibility index (Phi) is 5.38. The molecule has 1 aromatic carbocycles. The molecule has 0 spiro atoms. The van der Waals surface area contributed by atoms with E-state index < -0.39 is 0 Å². The molecule has 0 aliphatic carbocycles. The Hall–Kier alpha value is -2.34. The number of rotatable bonds is 5. The van der Waals surface area contributed by atoms with Gasteiger partial charge in [-0.2, -0.15) is 0 Å². The highest BCUT2D eigenvalue weighted by Gasteiger charge is 2.23. The molecule has 25 heavy (non-hydrogen) atoms. The van der Waals surface area contributed by atoms with Crippen LogP contribution in [-0.2, 0) is 6.54 Å². The highest BCUT2D eigenvalue weighted by molar-refractivity contribution is 5.38. The van der Waals surface area contributed by atoms with E-state index in [2.05, 4.69) is 14.9 Å². The van der Waals surface area contributed by atoms with E-state index in [1.807, 2.05) is 25.1 Å². The van der Waals surface area contributed by atoms with E-state index in [4.69, 9.17) is 9.47 Å². The van der Waals surface area contributed by atoms with Gasteiger partial charge in [-0.15, -0.1) is 0 Å². The molecule has 1 N–H and O–H groups in total. The van der Waals surface area contributed by atoms with Gasteiger partial charge in [0, 0.05) is 36.8 Å². The molecule has 1 unspecified atom stereocenters. The lowest BCUT2D eigenvalue weighted by molar-refractivity contribution is 0.196. The number of aromatic nitrogens is 2. The maximum Gasteiger partial charge on any atom is 0.251 e. The fraction of sp³-hybridized carbons (Fsp3) is 0.474. The minimum absolute atomic E-state index is 0.0721. The number of methoxy groups -OCH3 is 2. The van der Waals surface area contributed by atoms with E-state index in [1.54, 1.807) is 14.2 Å². The fourth-order valence-corrected chi connectivity index (χ4v) is 3.43. The van der Waals surface area contributed by atoms with Crippen molar-refractivity contribution in [3.05, 3.63) is 51.7 Å². The number of aryl methyl sites for hydroxylation is 1. The van der Waals surface area contributed by atoms with Gasteiger partial charge in [-0.1, -0.05) is 0 Å². The van der Waals surface area contributed by atoms with Crippen LogP contribution in [0.5, 0.6) is 11.5 Å². The van der Waals surface area contributed by atoms with Gasteiger partial charge >= 0.3 is 0 Å². The Bertz CT molecular complexity index is 765. The fourth-order valence-electron chi connectivity index (χ4n) is 3.43. The monoisotopic (exact) mass is 343 g/mol. The lowest BCUT2D eigenvalue weighted by Crippen LogP contribution is -2.35. The number of benzene rings is 1. The van der Waals surface area contributed by atoms with Crippen LogP contribution in [0.25, 0.3) is 0 Å². The van der Waals surface area contributed by atoms with Gasteiger partial charge < -0.3 is 14.5 Å². The van der Waals surface area contributed by atoms with Crippen molar-refractivity contribution in [1.29, 1.82) is 0 Å². The number of ether oxygens (including phenoxy) is 2. The van der Waals surface area contributed by atoms with Gasteiger partial charge in [0.2, 0.25) is 0 Å². The summed E-state index contributed by atoms with van der Waals surface area (Å²) in [6, 6.07) is 7.49. The van der Waals surface area contributed by atoms with Crippen LogP contribution in [0.1, 0.15) is 35.8 Å². The van der Waals surface area contributed by atoms with Crippen LogP contribution in [0, 0.1) is 6.92 Å². The molecule has 1 fully saturated rings. The zero-order valence-electron chi connectivity index (χ0n) is 15.0. The molecule has 0 bridgehead atoms. The molecule has 0 radical (unpaired) electrons. The smallest absolute Gasteiger partial charge is 0.251 e. The molecule has 1 atom stereocenters. The molecule has 2 heterocycles. The zero-order chi connectivity index (χ0) is 17.8. The van der Waals surface area contributed by atoms with Gasteiger partial charge in [0.05, 0.1) is 14.2 Å². The average molecular weight is 343 g/mol. The third-order valence-electron chi connectivity index (χ3n) is 4.60. The number of piperidine rings is 1. The Morgan fingerprint density at radius 2 is 1.92 bits per heavy atom. The van der Waals surface area contributed by atoms with Crippen LogP contribution in [-0.4, -0.2) is 42.2 Å².